The molecule has 1 saturated heterocycles. The van der Waals surface area contributed by atoms with Crippen LogP contribution in [-0.4, -0.2) is 35.8 Å². The predicted molar refractivity (Wildman–Crippen MR) is 97.9 cm³/mol. The smallest absolute Gasteiger partial charge is 0.243 e. The van der Waals surface area contributed by atoms with Gasteiger partial charge in [0.05, 0.1) is 0 Å². The maximum Gasteiger partial charge on any atom is 0.243 e. The first-order valence-electron chi connectivity index (χ1n) is 8.51. The van der Waals surface area contributed by atoms with Crippen LogP contribution in [0.1, 0.15) is 18.4 Å². The number of primary amides is 1. The first kappa shape index (κ1) is 17.2. The summed E-state index contributed by atoms with van der Waals surface area (Å²) in [5.41, 5.74) is 6.74. The Morgan fingerprint density at radius 2 is 1.60 bits per heavy atom. The van der Waals surface area contributed by atoms with Crippen LogP contribution < -0.4 is 10.6 Å². The number of carbonyl (C=O) groups excluding carboxylic acids is 2. The monoisotopic (exact) mass is 337 g/mol. The molecule has 1 aliphatic heterocycles. The van der Waals surface area contributed by atoms with Gasteiger partial charge >= 0.3 is 0 Å². The molecule has 1 heterocycles. The summed E-state index contributed by atoms with van der Waals surface area (Å²) < 4.78 is 0. The number of likely N-dealkylation sites (tertiary alicyclic amines) is 1. The van der Waals surface area contributed by atoms with Gasteiger partial charge in [0.25, 0.3) is 0 Å². The molecule has 0 spiro atoms. The third kappa shape index (κ3) is 3.56. The number of para-hydroxylation sites is 1. The molecule has 5 nitrogen and oxygen atoms in total. The van der Waals surface area contributed by atoms with Gasteiger partial charge in [-0.05, 0) is 30.5 Å². The van der Waals surface area contributed by atoms with Crippen molar-refractivity contribution in [1.82, 2.24) is 4.90 Å². The Labute approximate surface area is 148 Å². The summed E-state index contributed by atoms with van der Waals surface area (Å²) >= 11 is 0. The Hall–Kier alpha value is -2.66. The minimum absolute atomic E-state index is 0.442. The van der Waals surface area contributed by atoms with E-state index in [1.165, 1.54) is 10.5 Å². The Morgan fingerprint density at radius 1 is 1.04 bits per heavy atom. The third-order valence-electron chi connectivity index (χ3n) is 4.99. The number of nitrogens with zero attached hydrogens (tertiary/aromatic N) is 2. The van der Waals surface area contributed by atoms with Crippen molar-refractivity contribution in [3.05, 3.63) is 66.2 Å². The van der Waals surface area contributed by atoms with E-state index in [1.54, 1.807) is 0 Å². The van der Waals surface area contributed by atoms with Crippen molar-refractivity contribution in [3.63, 3.8) is 0 Å². The molecule has 2 amide bonds. The molecule has 2 N–H and O–H groups in total. The van der Waals surface area contributed by atoms with Gasteiger partial charge in [-0.15, -0.1) is 0 Å². The van der Waals surface area contributed by atoms with Crippen LogP contribution in [0.25, 0.3) is 0 Å². The number of carbonyl (C=O) groups is 2. The van der Waals surface area contributed by atoms with E-state index in [-0.39, 0.29) is 0 Å². The van der Waals surface area contributed by atoms with Crippen LogP contribution in [0.4, 0.5) is 5.69 Å². The molecule has 5 heteroatoms. The summed E-state index contributed by atoms with van der Waals surface area (Å²) in [7, 11) is 0. The Bertz CT molecular complexity index is 710. The number of piperidine rings is 1. The van der Waals surface area contributed by atoms with E-state index in [9.17, 15) is 9.59 Å². The van der Waals surface area contributed by atoms with Gasteiger partial charge in [-0.25, -0.2) is 0 Å². The summed E-state index contributed by atoms with van der Waals surface area (Å²) in [5, 5.41) is 0. The number of hydrogen-bond donors (Lipinski definition) is 1. The summed E-state index contributed by atoms with van der Waals surface area (Å²) in [6, 6.07) is 19.5. The zero-order chi connectivity index (χ0) is 17.7. The summed E-state index contributed by atoms with van der Waals surface area (Å²) in [4.78, 5) is 27.9. The molecule has 130 valence electrons. The molecular formula is C20H23N3O2. The van der Waals surface area contributed by atoms with Crippen LogP contribution in [0, 0.1) is 0 Å². The van der Waals surface area contributed by atoms with Crippen LogP contribution in [0.5, 0.6) is 0 Å². The van der Waals surface area contributed by atoms with Gasteiger partial charge in [-0.1, -0.05) is 48.5 Å². The van der Waals surface area contributed by atoms with Gasteiger partial charge in [-0.3, -0.25) is 19.4 Å². The highest BCUT2D eigenvalue weighted by molar-refractivity contribution is 5.95. The van der Waals surface area contributed by atoms with Gasteiger partial charge < -0.3 is 5.73 Å². The van der Waals surface area contributed by atoms with E-state index in [2.05, 4.69) is 17.0 Å². The van der Waals surface area contributed by atoms with Crippen molar-refractivity contribution in [3.8, 4) is 0 Å². The number of rotatable bonds is 6. The van der Waals surface area contributed by atoms with Crippen molar-refractivity contribution in [1.29, 1.82) is 0 Å². The van der Waals surface area contributed by atoms with E-state index < -0.39 is 11.4 Å². The molecule has 3 rings (SSSR count). The minimum atomic E-state index is -0.962. The fourth-order valence-corrected chi connectivity index (χ4v) is 3.53. The third-order valence-corrected chi connectivity index (χ3v) is 4.99. The van der Waals surface area contributed by atoms with E-state index in [4.69, 9.17) is 5.73 Å². The van der Waals surface area contributed by atoms with E-state index in [1.807, 2.05) is 48.5 Å². The van der Waals surface area contributed by atoms with Gasteiger partial charge in [0.15, 0.2) is 0 Å². The molecule has 0 aromatic heterocycles. The Morgan fingerprint density at radius 3 is 2.12 bits per heavy atom. The number of benzene rings is 2. The van der Waals surface area contributed by atoms with Crippen molar-refractivity contribution < 1.29 is 9.59 Å². The number of nitrogens with two attached hydrogens (primary N) is 1. The average Bonchev–Trinajstić information content (AvgIpc) is 2.65. The lowest BCUT2D eigenvalue weighted by atomic mass is 9.84. The topological polar surface area (TPSA) is 66.6 Å². The molecular weight excluding hydrogens is 314 g/mol. The van der Waals surface area contributed by atoms with Crippen LogP contribution in [0.2, 0.25) is 0 Å². The summed E-state index contributed by atoms with van der Waals surface area (Å²) in [6.45, 7) is 2.27. The molecule has 0 unspecified atom stereocenters. The standard InChI is InChI=1S/C20H23N3O2/c21-19(25)20(23(16-24)18-9-5-2-6-10-18)11-13-22(14-12-20)15-17-7-3-1-4-8-17/h1-10,16H,11-15H2,(H2,21,25). The highest BCUT2D eigenvalue weighted by atomic mass is 16.2. The first-order valence-corrected chi connectivity index (χ1v) is 8.51. The second-order valence-corrected chi connectivity index (χ2v) is 6.47. The van der Waals surface area contributed by atoms with Gasteiger partial charge in [0.2, 0.25) is 12.3 Å². The molecule has 25 heavy (non-hydrogen) atoms. The number of anilines is 1. The lowest BCUT2D eigenvalue weighted by Crippen LogP contribution is -2.62. The summed E-state index contributed by atoms with van der Waals surface area (Å²) in [5.74, 6) is -0.442. The molecule has 1 fully saturated rings. The van der Waals surface area contributed by atoms with Crippen LogP contribution in [0.3, 0.4) is 0 Å². The highest BCUT2D eigenvalue weighted by Crippen LogP contribution is 2.32. The molecule has 0 saturated carbocycles. The lowest BCUT2D eigenvalue weighted by Gasteiger charge is -2.45. The van der Waals surface area contributed by atoms with Gasteiger partial charge in [0.1, 0.15) is 5.54 Å². The molecule has 2 aromatic carbocycles. The van der Waals surface area contributed by atoms with E-state index >= 15 is 0 Å². The first-order chi connectivity index (χ1) is 12.2. The number of hydrogen-bond acceptors (Lipinski definition) is 3. The van der Waals surface area contributed by atoms with Crippen molar-refractivity contribution >= 4 is 18.0 Å². The van der Waals surface area contributed by atoms with E-state index in [0.717, 1.165) is 26.0 Å². The molecule has 2 aromatic rings. The average molecular weight is 337 g/mol. The van der Waals surface area contributed by atoms with E-state index in [0.29, 0.717) is 18.5 Å². The molecule has 0 bridgehead atoms. The molecule has 0 aliphatic carbocycles. The van der Waals surface area contributed by atoms with Crippen LogP contribution >= 0.6 is 0 Å². The number of amides is 2. The van der Waals surface area contributed by atoms with Gasteiger partial charge in [-0.2, -0.15) is 0 Å². The maximum absolute atomic E-state index is 12.3. The predicted octanol–water partition coefficient (Wildman–Crippen LogP) is 2.17. The molecule has 0 atom stereocenters. The SMILES string of the molecule is NC(=O)C1(N(C=O)c2ccccc2)CCN(Cc2ccccc2)CC1. The van der Waals surface area contributed by atoms with Crippen LogP contribution in [-0.2, 0) is 16.1 Å². The normalized spacial score (nSPS) is 17.0. The van der Waals surface area contributed by atoms with Crippen molar-refractivity contribution in [2.24, 2.45) is 5.73 Å². The highest BCUT2D eigenvalue weighted by Gasteiger charge is 2.45. The Balaban J connectivity index is 1.77. The minimum Gasteiger partial charge on any atom is -0.368 e. The quantitative estimate of drug-likeness (QED) is 0.822. The summed E-state index contributed by atoms with van der Waals surface area (Å²) in [6.07, 6.45) is 1.79. The van der Waals surface area contributed by atoms with Gasteiger partial charge in [0, 0.05) is 25.3 Å². The maximum atomic E-state index is 12.3. The fraction of sp³-hybridized carbons (Fsp3) is 0.300. The molecule has 0 radical (unpaired) electrons. The van der Waals surface area contributed by atoms with Crippen molar-refractivity contribution in [2.45, 2.75) is 24.9 Å². The van der Waals surface area contributed by atoms with Crippen LogP contribution in [0.15, 0.2) is 60.7 Å². The largest absolute Gasteiger partial charge is 0.368 e. The zero-order valence-corrected chi connectivity index (χ0v) is 14.2. The zero-order valence-electron chi connectivity index (χ0n) is 14.2. The second kappa shape index (κ2) is 7.49. The van der Waals surface area contributed by atoms with Crippen molar-refractivity contribution in [2.75, 3.05) is 18.0 Å². The Kier molecular flexibility index (Phi) is 5.14. The second-order valence-electron chi connectivity index (χ2n) is 6.47. The lowest BCUT2D eigenvalue weighted by molar-refractivity contribution is -0.127. The molecule has 1 aliphatic rings. The fourth-order valence-electron chi connectivity index (χ4n) is 3.53.